The van der Waals surface area contributed by atoms with Crippen molar-refractivity contribution in [1.82, 2.24) is 19.6 Å². The Morgan fingerprint density at radius 3 is 1.58 bits per heavy atom. The van der Waals surface area contributed by atoms with Gasteiger partial charge < -0.3 is 10.6 Å². The van der Waals surface area contributed by atoms with Gasteiger partial charge in [-0.1, -0.05) is 48.5 Å². The molecule has 0 saturated carbocycles. The second-order valence-electron chi connectivity index (χ2n) is 8.91. The topological polar surface area (TPSA) is 59.7 Å². The fourth-order valence-corrected chi connectivity index (χ4v) is 4.82. The van der Waals surface area contributed by atoms with E-state index in [0.717, 1.165) is 51.1 Å². The van der Waals surface area contributed by atoms with Crippen LogP contribution >= 0.6 is 0 Å². The second kappa shape index (κ2) is 9.70. The highest BCUT2D eigenvalue weighted by Crippen LogP contribution is 2.43. The highest BCUT2D eigenvalue weighted by Gasteiger charge is 2.31. The zero-order chi connectivity index (χ0) is 25.2. The molecule has 5 rings (SSSR count). The minimum atomic E-state index is -0.319. The van der Waals surface area contributed by atoms with Gasteiger partial charge in [0, 0.05) is 42.5 Å². The van der Waals surface area contributed by atoms with Gasteiger partial charge in [0.25, 0.3) is 0 Å². The van der Waals surface area contributed by atoms with Crippen molar-refractivity contribution in [3.05, 3.63) is 119 Å². The van der Waals surface area contributed by atoms with Gasteiger partial charge in [-0.05, 0) is 55.8 Å². The van der Waals surface area contributed by atoms with Gasteiger partial charge in [-0.25, -0.2) is 4.39 Å². The van der Waals surface area contributed by atoms with Gasteiger partial charge in [-0.2, -0.15) is 10.2 Å². The lowest BCUT2D eigenvalue weighted by atomic mass is 9.84. The highest BCUT2D eigenvalue weighted by atomic mass is 19.1. The summed E-state index contributed by atoms with van der Waals surface area (Å²) in [6.07, 6.45) is 0. The summed E-state index contributed by atoms with van der Waals surface area (Å²) in [5.74, 6) is 1.10. The molecule has 0 aliphatic rings. The van der Waals surface area contributed by atoms with E-state index in [2.05, 4.69) is 10.6 Å². The van der Waals surface area contributed by atoms with E-state index < -0.39 is 0 Å². The Bertz CT molecular complexity index is 1400. The van der Waals surface area contributed by atoms with Crippen molar-refractivity contribution < 1.29 is 4.39 Å². The van der Waals surface area contributed by atoms with Crippen LogP contribution in [0, 0.1) is 19.7 Å². The Morgan fingerprint density at radius 2 is 1.14 bits per heavy atom. The normalized spacial score (nSPS) is 11.2. The molecule has 0 radical (unpaired) electrons. The van der Waals surface area contributed by atoms with Crippen molar-refractivity contribution in [2.45, 2.75) is 19.8 Å². The smallest absolute Gasteiger partial charge is 0.132 e. The molecule has 5 aromatic rings. The molecule has 2 heterocycles. The molecule has 0 bridgehead atoms. The molecular formula is C29H29FN6. The maximum atomic E-state index is 14.6. The summed E-state index contributed by atoms with van der Waals surface area (Å²) in [5, 5.41) is 16.6. The number of benzene rings is 3. The largest absolute Gasteiger partial charge is 0.340 e. The first-order valence-corrected chi connectivity index (χ1v) is 11.9. The molecule has 0 aliphatic heterocycles. The summed E-state index contributed by atoms with van der Waals surface area (Å²) < 4.78 is 18.3. The number of rotatable bonds is 7. The maximum Gasteiger partial charge on any atom is 0.132 e. The fraction of sp³-hybridized carbons (Fsp3) is 0.172. The summed E-state index contributed by atoms with van der Waals surface area (Å²) in [4.78, 5) is 0. The Morgan fingerprint density at radius 1 is 0.667 bits per heavy atom. The number of hydrogen-bond acceptors (Lipinski definition) is 4. The lowest BCUT2D eigenvalue weighted by molar-refractivity contribution is 0.625. The average molecular weight is 481 g/mol. The van der Waals surface area contributed by atoms with Crippen LogP contribution in [0.25, 0.3) is 0 Å². The molecule has 6 nitrogen and oxygen atoms in total. The van der Waals surface area contributed by atoms with Crippen LogP contribution in [-0.2, 0) is 14.1 Å². The standard InChI is InChI=1S/C29H29FN6/c1-19-25(28(35(3)33-19)31-23-14-7-5-8-15-23)27(21-12-11-13-22(30)18-21)26-20(2)34-36(4)29(26)32-24-16-9-6-10-17-24/h5-18,27,31-32H,1-4H3. The van der Waals surface area contributed by atoms with Crippen LogP contribution < -0.4 is 10.6 Å². The van der Waals surface area contributed by atoms with Crippen molar-refractivity contribution >= 4 is 23.0 Å². The molecular weight excluding hydrogens is 451 g/mol. The number of nitrogens with one attached hydrogen (secondary N) is 2. The third-order valence-corrected chi connectivity index (χ3v) is 6.37. The highest BCUT2D eigenvalue weighted by molar-refractivity contribution is 5.70. The predicted octanol–water partition coefficient (Wildman–Crippen LogP) is 6.58. The molecule has 0 amide bonds. The minimum absolute atomic E-state index is 0.282. The lowest BCUT2D eigenvalue weighted by Gasteiger charge is -2.22. The van der Waals surface area contributed by atoms with Gasteiger partial charge >= 0.3 is 0 Å². The SMILES string of the molecule is Cc1nn(C)c(Nc2ccccc2)c1C(c1cccc(F)c1)c1c(C)nn(C)c1Nc1ccccc1. The number of nitrogens with zero attached hydrogens (tertiary/aromatic N) is 4. The third-order valence-electron chi connectivity index (χ3n) is 6.37. The summed E-state index contributed by atoms with van der Waals surface area (Å²) in [6.45, 7) is 3.99. The van der Waals surface area contributed by atoms with Gasteiger partial charge in [0.05, 0.1) is 11.4 Å². The van der Waals surface area contributed by atoms with Gasteiger partial charge in [0.1, 0.15) is 17.5 Å². The first-order chi connectivity index (χ1) is 17.4. The van der Waals surface area contributed by atoms with E-state index >= 15 is 0 Å². The van der Waals surface area contributed by atoms with E-state index in [4.69, 9.17) is 10.2 Å². The van der Waals surface area contributed by atoms with E-state index in [1.165, 1.54) is 6.07 Å². The van der Waals surface area contributed by atoms with Crippen LogP contribution in [0.2, 0.25) is 0 Å². The quantitative estimate of drug-likeness (QED) is 0.276. The molecule has 0 spiro atoms. The summed E-state index contributed by atoms with van der Waals surface area (Å²) >= 11 is 0. The number of aromatic nitrogens is 4. The first kappa shape index (κ1) is 23.4. The molecule has 0 aliphatic carbocycles. The zero-order valence-electron chi connectivity index (χ0n) is 20.8. The van der Waals surface area contributed by atoms with Crippen LogP contribution in [0.4, 0.5) is 27.4 Å². The zero-order valence-corrected chi connectivity index (χ0v) is 20.8. The van der Waals surface area contributed by atoms with E-state index in [0.29, 0.717) is 0 Å². The summed E-state index contributed by atoms with van der Waals surface area (Å²) in [7, 11) is 3.84. The third kappa shape index (κ3) is 4.47. The van der Waals surface area contributed by atoms with Gasteiger partial charge in [0.15, 0.2) is 0 Å². The number of para-hydroxylation sites is 2. The van der Waals surface area contributed by atoms with Crippen molar-refractivity contribution in [2.75, 3.05) is 10.6 Å². The van der Waals surface area contributed by atoms with E-state index in [9.17, 15) is 4.39 Å². The predicted molar refractivity (Wildman–Crippen MR) is 143 cm³/mol. The number of hydrogen-bond donors (Lipinski definition) is 2. The Balaban J connectivity index is 1.73. The van der Waals surface area contributed by atoms with Crippen LogP contribution in [0.3, 0.4) is 0 Å². The molecule has 2 N–H and O–H groups in total. The van der Waals surface area contributed by atoms with Crippen LogP contribution in [-0.4, -0.2) is 19.6 Å². The van der Waals surface area contributed by atoms with E-state index in [1.807, 2.05) is 104 Å². The van der Waals surface area contributed by atoms with Crippen molar-refractivity contribution in [2.24, 2.45) is 14.1 Å². The van der Waals surface area contributed by atoms with Crippen molar-refractivity contribution in [3.8, 4) is 0 Å². The fourth-order valence-electron chi connectivity index (χ4n) is 4.82. The summed E-state index contributed by atoms with van der Waals surface area (Å²) in [5.41, 5.74) is 6.39. The van der Waals surface area contributed by atoms with Crippen molar-refractivity contribution in [1.29, 1.82) is 0 Å². The molecule has 182 valence electrons. The average Bonchev–Trinajstić information content (AvgIpc) is 3.30. The molecule has 0 saturated heterocycles. The van der Waals surface area contributed by atoms with Gasteiger partial charge in [0.2, 0.25) is 0 Å². The molecule has 2 aromatic heterocycles. The lowest BCUT2D eigenvalue weighted by Crippen LogP contribution is -2.11. The van der Waals surface area contributed by atoms with Gasteiger partial charge in [-0.15, -0.1) is 0 Å². The van der Waals surface area contributed by atoms with Gasteiger partial charge in [-0.3, -0.25) is 9.36 Å². The number of anilines is 4. The maximum absolute atomic E-state index is 14.6. The number of aryl methyl sites for hydroxylation is 4. The van der Waals surface area contributed by atoms with Crippen molar-refractivity contribution in [3.63, 3.8) is 0 Å². The molecule has 0 unspecified atom stereocenters. The van der Waals surface area contributed by atoms with Crippen LogP contribution in [0.1, 0.15) is 34.0 Å². The number of halogens is 1. The van der Waals surface area contributed by atoms with E-state index in [-0.39, 0.29) is 11.7 Å². The molecule has 0 fully saturated rings. The Labute approximate surface area is 210 Å². The monoisotopic (exact) mass is 480 g/mol. The second-order valence-corrected chi connectivity index (χ2v) is 8.91. The molecule has 36 heavy (non-hydrogen) atoms. The molecule has 0 atom stereocenters. The first-order valence-electron chi connectivity index (χ1n) is 11.9. The molecule has 3 aromatic carbocycles. The Hall–Kier alpha value is -4.39. The summed E-state index contributed by atoms with van der Waals surface area (Å²) in [6, 6.07) is 26.8. The van der Waals surface area contributed by atoms with E-state index in [1.54, 1.807) is 12.1 Å². The Kier molecular flexibility index (Phi) is 6.29. The minimum Gasteiger partial charge on any atom is -0.340 e. The van der Waals surface area contributed by atoms with Crippen LogP contribution in [0.15, 0.2) is 84.9 Å². The van der Waals surface area contributed by atoms with Crippen LogP contribution in [0.5, 0.6) is 0 Å². The molecule has 7 heteroatoms.